The van der Waals surface area contributed by atoms with Crippen LogP contribution in [-0.2, 0) is 6.54 Å². The van der Waals surface area contributed by atoms with E-state index in [4.69, 9.17) is 5.26 Å². The highest BCUT2D eigenvalue weighted by molar-refractivity contribution is 5.44. The van der Waals surface area contributed by atoms with Crippen molar-refractivity contribution < 1.29 is 5.11 Å². The second-order valence-corrected chi connectivity index (χ2v) is 7.81. The fraction of sp³-hybridized carbons (Fsp3) is 0.391. The molecule has 3 aromatic rings. The van der Waals surface area contributed by atoms with Crippen LogP contribution in [0.25, 0.3) is 5.65 Å². The number of hydrogen-bond acceptors (Lipinski definition) is 5. The zero-order chi connectivity index (χ0) is 20.1. The monoisotopic (exact) mass is 389 g/mol. The zero-order valence-electron chi connectivity index (χ0n) is 16.5. The van der Waals surface area contributed by atoms with Crippen LogP contribution < -0.4 is 5.32 Å². The third kappa shape index (κ3) is 4.83. The minimum Gasteiger partial charge on any atom is -0.387 e. The lowest BCUT2D eigenvalue weighted by Gasteiger charge is -2.33. The van der Waals surface area contributed by atoms with Gasteiger partial charge < -0.3 is 19.7 Å². The lowest BCUT2D eigenvalue weighted by Crippen LogP contribution is -2.39. The van der Waals surface area contributed by atoms with Gasteiger partial charge in [-0.05, 0) is 56.1 Å². The number of rotatable bonds is 7. The lowest BCUT2D eigenvalue weighted by atomic mass is 9.96. The van der Waals surface area contributed by atoms with E-state index in [0.29, 0.717) is 18.0 Å². The Labute approximate surface area is 171 Å². The Morgan fingerprint density at radius 1 is 1.17 bits per heavy atom. The molecule has 0 aliphatic carbocycles. The molecule has 4 rings (SSSR count). The van der Waals surface area contributed by atoms with Crippen molar-refractivity contribution in [2.75, 3.05) is 26.2 Å². The van der Waals surface area contributed by atoms with Gasteiger partial charge in [-0.3, -0.25) is 0 Å². The summed E-state index contributed by atoms with van der Waals surface area (Å²) in [5, 5.41) is 23.1. The normalized spacial score (nSPS) is 16.7. The van der Waals surface area contributed by atoms with E-state index in [0.717, 1.165) is 55.9 Å². The summed E-state index contributed by atoms with van der Waals surface area (Å²) >= 11 is 0. The van der Waals surface area contributed by atoms with Crippen molar-refractivity contribution in [3.63, 3.8) is 0 Å². The number of β-amino-alcohol motifs (C(OH)–C–C–N with tert-alkyl or cyclic N) is 1. The quantitative estimate of drug-likeness (QED) is 0.650. The van der Waals surface area contributed by atoms with Gasteiger partial charge in [0.2, 0.25) is 0 Å². The Kier molecular flexibility index (Phi) is 6.20. The van der Waals surface area contributed by atoms with Crippen LogP contribution in [0.1, 0.15) is 35.8 Å². The molecule has 1 aliphatic rings. The molecule has 1 aliphatic heterocycles. The van der Waals surface area contributed by atoms with E-state index in [1.165, 1.54) is 0 Å². The highest BCUT2D eigenvalue weighted by Crippen LogP contribution is 2.20. The minimum absolute atomic E-state index is 0.417. The van der Waals surface area contributed by atoms with Crippen LogP contribution in [0.3, 0.4) is 0 Å². The number of aliphatic hydroxyl groups is 1. The topological polar surface area (TPSA) is 76.6 Å². The summed E-state index contributed by atoms with van der Waals surface area (Å²) in [7, 11) is 0. The van der Waals surface area contributed by atoms with Crippen LogP contribution in [0.15, 0.2) is 54.9 Å². The number of pyridine rings is 1. The molecule has 1 fully saturated rings. The van der Waals surface area contributed by atoms with Crippen LogP contribution in [0.4, 0.5) is 0 Å². The van der Waals surface area contributed by atoms with Gasteiger partial charge in [0.25, 0.3) is 0 Å². The lowest BCUT2D eigenvalue weighted by molar-refractivity contribution is 0.0891. The predicted molar refractivity (Wildman–Crippen MR) is 112 cm³/mol. The molecule has 2 aromatic heterocycles. The maximum Gasteiger partial charge on any atom is 0.137 e. The minimum atomic E-state index is -0.417. The molecule has 6 nitrogen and oxygen atoms in total. The number of piperidine rings is 1. The Balaban J connectivity index is 1.22. The van der Waals surface area contributed by atoms with E-state index >= 15 is 0 Å². The van der Waals surface area contributed by atoms with Crippen LogP contribution in [0.5, 0.6) is 0 Å². The van der Waals surface area contributed by atoms with Gasteiger partial charge in [0.05, 0.1) is 23.6 Å². The van der Waals surface area contributed by atoms with Crippen molar-refractivity contribution in [3.8, 4) is 6.07 Å². The third-order valence-corrected chi connectivity index (χ3v) is 5.77. The Bertz CT molecular complexity index is 970. The SMILES string of the molecule is N#Cc1ccc2ncc(CNCC3CCN(CC(O)c4ccccc4)CC3)n2c1. The summed E-state index contributed by atoms with van der Waals surface area (Å²) in [6.07, 6.45) is 5.58. The van der Waals surface area contributed by atoms with Crippen molar-refractivity contribution in [2.45, 2.75) is 25.5 Å². The predicted octanol–water partition coefficient (Wildman–Crippen LogP) is 2.74. The summed E-state index contributed by atoms with van der Waals surface area (Å²) in [6.45, 7) is 4.46. The molecule has 150 valence electrons. The largest absolute Gasteiger partial charge is 0.387 e. The van der Waals surface area contributed by atoms with Gasteiger partial charge in [0.1, 0.15) is 11.7 Å². The van der Waals surface area contributed by atoms with Gasteiger partial charge in [-0.1, -0.05) is 30.3 Å². The van der Waals surface area contributed by atoms with Gasteiger partial charge in [-0.25, -0.2) is 4.98 Å². The average molecular weight is 390 g/mol. The number of aliphatic hydroxyl groups excluding tert-OH is 1. The molecule has 2 N–H and O–H groups in total. The molecule has 0 bridgehead atoms. The van der Waals surface area contributed by atoms with Gasteiger partial charge in [0.15, 0.2) is 0 Å². The first kappa shape index (κ1) is 19.6. The fourth-order valence-electron chi connectivity index (χ4n) is 4.03. The van der Waals surface area contributed by atoms with Crippen molar-refractivity contribution in [1.82, 2.24) is 19.6 Å². The molecule has 6 heteroatoms. The number of imidazole rings is 1. The Morgan fingerprint density at radius 3 is 2.72 bits per heavy atom. The summed E-state index contributed by atoms with van der Waals surface area (Å²) in [4.78, 5) is 6.77. The maximum absolute atomic E-state index is 10.4. The standard InChI is InChI=1S/C23H27N5O/c24-12-19-6-7-23-26-15-21(28(23)16-19)14-25-13-18-8-10-27(11-9-18)17-22(29)20-4-2-1-3-5-20/h1-7,15-16,18,22,25,29H,8-11,13-14,17H2. The molecule has 0 radical (unpaired) electrons. The van der Waals surface area contributed by atoms with Crippen molar-refractivity contribution in [2.24, 2.45) is 5.92 Å². The molecular weight excluding hydrogens is 362 g/mol. The number of nitrogens with zero attached hydrogens (tertiary/aromatic N) is 4. The van der Waals surface area contributed by atoms with Crippen LogP contribution in [0.2, 0.25) is 0 Å². The summed E-state index contributed by atoms with van der Waals surface area (Å²) in [5.74, 6) is 0.647. The number of hydrogen-bond donors (Lipinski definition) is 2. The van der Waals surface area contributed by atoms with Crippen LogP contribution in [0, 0.1) is 17.2 Å². The highest BCUT2D eigenvalue weighted by atomic mass is 16.3. The molecule has 1 saturated heterocycles. The van der Waals surface area contributed by atoms with Crippen LogP contribution in [-0.4, -0.2) is 45.6 Å². The molecule has 0 saturated carbocycles. The molecule has 0 spiro atoms. The summed E-state index contributed by atoms with van der Waals surface area (Å²) in [6, 6.07) is 15.7. The van der Waals surface area contributed by atoms with E-state index < -0.39 is 6.10 Å². The second kappa shape index (κ2) is 9.19. The number of fused-ring (bicyclic) bond motifs is 1. The van der Waals surface area contributed by atoms with E-state index in [9.17, 15) is 5.11 Å². The molecule has 3 heterocycles. The van der Waals surface area contributed by atoms with Crippen molar-refractivity contribution >= 4 is 5.65 Å². The molecule has 0 amide bonds. The number of benzene rings is 1. The van der Waals surface area contributed by atoms with E-state index in [1.807, 2.05) is 53.2 Å². The molecule has 1 unspecified atom stereocenters. The number of nitriles is 1. The van der Waals surface area contributed by atoms with Crippen LogP contribution >= 0.6 is 0 Å². The van der Waals surface area contributed by atoms with Gasteiger partial charge >= 0.3 is 0 Å². The highest BCUT2D eigenvalue weighted by Gasteiger charge is 2.21. The Morgan fingerprint density at radius 2 is 1.97 bits per heavy atom. The van der Waals surface area contributed by atoms with Crippen molar-refractivity contribution in [1.29, 1.82) is 5.26 Å². The first-order chi connectivity index (χ1) is 14.2. The number of likely N-dealkylation sites (tertiary alicyclic amines) is 1. The third-order valence-electron chi connectivity index (χ3n) is 5.77. The number of nitrogens with one attached hydrogen (secondary N) is 1. The van der Waals surface area contributed by atoms with E-state index in [2.05, 4.69) is 21.3 Å². The fourth-order valence-corrected chi connectivity index (χ4v) is 4.03. The molecule has 1 atom stereocenters. The average Bonchev–Trinajstić information content (AvgIpc) is 3.17. The van der Waals surface area contributed by atoms with Gasteiger partial charge in [0, 0.05) is 19.3 Å². The molecule has 29 heavy (non-hydrogen) atoms. The summed E-state index contributed by atoms with van der Waals surface area (Å²) < 4.78 is 1.99. The smallest absolute Gasteiger partial charge is 0.137 e. The van der Waals surface area contributed by atoms with Crippen molar-refractivity contribution in [3.05, 3.63) is 71.7 Å². The van der Waals surface area contributed by atoms with Gasteiger partial charge in [-0.15, -0.1) is 0 Å². The Hall–Kier alpha value is -2.72. The molecular formula is C23H27N5O. The molecule has 1 aromatic carbocycles. The first-order valence-corrected chi connectivity index (χ1v) is 10.2. The summed E-state index contributed by atoms with van der Waals surface area (Å²) in [5.41, 5.74) is 3.57. The first-order valence-electron chi connectivity index (χ1n) is 10.2. The van der Waals surface area contributed by atoms with E-state index in [-0.39, 0.29) is 0 Å². The second-order valence-electron chi connectivity index (χ2n) is 7.81. The maximum atomic E-state index is 10.4. The zero-order valence-corrected chi connectivity index (χ0v) is 16.5. The van der Waals surface area contributed by atoms with E-state index in [1.54, 1.807) is 6.07 Å². The number of aromatic nitrogens is 2. The van der Waals surface area contributed by atoms with Gasteiger partial charge in [-0.2, -0.15) is 5.26 Å².